The summed E-state index contributed by atoms with van der Waals surface area (Å²) in [5, 5.41) is 4.77. The molecule has 0 bridgehead atoms. The van der Waals surface area contributed by atoms with Crippen LogP contribution in [0.3, 0.4) is 0 Å². The number of fused-ring (bicyclic) bond motifs is 2. The zero-order chi connectivity index (χ0) is 15.4. The van der Waals surface area contributed by atoms with Gasteiger partial charge in [-0.3, -0.25) is 0 Å². The van der Waals surface area contributed by atoms with Crippen molar-refractivity contribution in [2.24, 2.45) is 0 Å². The summed E-state index contributed by atoms with van der Waals surface area (Å²) >= 11 is 0. The minimum absolute atomic E-state index is 0.208. The molecular weight excluding hydrogens is 276 g/mol. The van der Waals surface area contributed by atoms with Crippen LogP contribution in [-0.4, -0.2) is 26.6 Å². The maximum Gasteiger partial charge on any atom is 0.154 e. The lowest BCUT2D eigenvalue weighted by molar-refractivity contribution is -0.115. The molecular formula is C19H20O3. The van der Waals surface area contributed by atoms with Crippen molar-refractivity contribution >= 4 is 21.5 Å². The molecule has 22 heavy (non-hydrogen) atoms. The van der Waals surface area contributed by atoms with Crippen molar-refractivity contribution < 1.29 is 14.2 Å². The molecule has 0 saturated carbocycles. The fourth-order valence-corrected chi connectivity index (χ4v) is 2.50. The van der Waals surface area contributed by atoms with E-state index in [-0.39, 0.29) is 6.29 Å². The van der Waals surface area contributed by atoms with Gasteiger partial charge in [-0.25, -0.2) is 0 Å². The van der Waals surface area contributed by atoms with E-state index in [0.29, 0.717) is 13.2 Å². The third-order valence-corrected chi connectivity index (χ3v) is 3.73. The van der Waals surface area contributed by atoms with Gasteiger partial charge in [0, 0.05) is 12.5 Å². The molecule has 0 aliphatic carbocycles. The van der Waals surface area contributed by atoms with Gasteiger partial charge >= 0.3 is 0 Å². The lowest BCUT2D eigenvalue weighted by Crippen LogP contribution is -2.15. The molecule has 0 heterocycles. The van der Waals surface area contributed by atoms with Crippen molar-refractivity contribution in [2.75, 3.05) is 20.3 Å². The molecule has 0 fully saturated rings. The van der Waals surface area contributed by atoms with E-state index in [1.165, 1.54) is 16.2 Å². The van der Waals surface area contributed by atoms with Crippen molar-refractivity contribution in [3.63, 3.8) is 0 Å². The largest absolute Gasteiger partial charge is 0.491 e. The lowest BCUT2D eigenvalue weighted by Gasteiger charge is -2.13. The predicted molar refractivity (Wildman–Crippen MR) is 89.4 cm³/mol. The molecule has 0 radical (unpaired) electrons. The summed E-state index contributed by atoms with van der Waals surface area (Å²) in [6.45, 7) is 2.86. The number of methoxy groups -OCH3 is 1. The van der Waals surface area contributed by atoms with Crippen LogP contribution in [0.5, 0.6) is 5.75 Å². The second kappa shape index (κ2) is 6.77. The van der Waals surface area contributed by atoms with Gasteiger partial charge in [-0.05, 0) is 41.3 Å². The molecule has 114 valence electrons. The van der Waals surface area contributed by atoms with Crippen molar-refractivity contribution in [3.8, 4) is 5.75 Å². The Kier molecular flexibility index (Phi) is 4.56. The minimum Gasteiger partial charge on any atom is -0.491 e. The summed E-state index contributed by atoms with van der Waals surface area (Å²) in [6.07, 6.45) is -0.208. The summed E-state index contributed by atoms with van der Waals surface area (Å²) in [4.78, 5) is 0. The van der Waals surface area contributed by atoms with Crippen LogP contribution in [0.15, 0.2) is 54.6 Å². The monoisotopic (exact) mass is 296 g/mol. The first-order valence-electron chi connectivity index (χ1n) is 7.46. The summed E-state index contributed by atoms with van der Waals surface area (Å²) in [5.41, 5.74) is 0. The van der Waals surface area contributed by atoms with Crippen molar-refractivity contribution in [1.29, 1.82) is 0 Å². The van der Waals surface area contributed by atoms with Crippen LogP contribution in [0.25, 0.3) is 21.5 Å². The molecule has 1 atom stereocenters. The average Bonchev–Trinajstić information content (AvgIpc) is 2.56. The summed E-state index contributed by atoms with van der Waals surface area (Å²) < 4.78 is 16.4. The Hall–Kier alpha value is -2.10. The van der Waals surface area contributed by atoms with Gasteiger partial charge in [-0.15, -0.1) is 0 Å². The average molecular weight is 296 g/mol. The van der Waals surface area contributed by atoms with E-state index < -0.39 is 0 Å². The quantitative estimate of drug-likeness (QED) is 0.384. The molecule has 3 heteroatoms. The fraction of sp³-hybridized carbons (Fsp3) is 0.263. The first-order valence-corrected chi connectivity index (χ1v) is 7.46. The molecule has 0 aliphatic rings. The molecule has 0 N–H and O–H groups in total. The highest BCUT2D eigenvalue weighted by Crippen LogP contribution is 2.29. The van der Waals surface area contributed by atoms with Gasteiger partial charge in [0.2, 0.25) is 0 Å². The second-order valence-corrected chi connectivity index (χ2v) is 5.20. The molecule has 3 aromatic rings. The van der Waals surface area contributed by atoms with Gasteiger partial charge in [0.05, 0.1) is 6.61 Å². The Balaban J connectivity index is 1.82. The fourth-order valence-electron chi connectivity index (χ4n) is 2.50. The van der Waals surface area contributed by atoms with Gasteiger partial charge in [0.15, 0.2) is 6.29 Å². The SMILES string of the molecule is COC(C)OCCOc1cccc2cc3ccccc3cc12. The smallest absolute Gasteiger partial charge is 0.154 e. The maximum atomic E-state index is 5.88. The summed E-state index contributed by atoms with van der Waals surface area (Å²) in [7, 11) is 1.63. The van der Waals surface area contributed by atoms with E-state index >= 15 is 0 Å². The summed E-state index contributed by atoms with van der Waals surface area (Å²) in [5.74, 6) is 0.886. The van der Waals surface area contributed by atoms with Crippen LogP contribution in [0.4, 0.5) is 0 Å². The maximum absolute atomic E-state index is 5.88. The highest BCUT2D eigenvalue weighted by Gasteiger charge is 2.05. The van der Waals surface area contributed by atoms with Gasteiger partial charge in [-0.2, -0.15) is 0 Å². The van der Waals surface area contributed by atoms with E-state index in [1.54, 1.807) is 7.11 Å². The predicted octanol–water partition coefficient (Wildman–Crippen LogP) is 4.38. The summed E-state index contributed by atoms with van der Waals surface area (Å²) in [6, 6.07) is 18.9. The van der Waals surface area contributed by atoms with E-state index in [1.807, 2.05) is 19.1 Å². The van der Waals surface area contributed by atoms with Crippen LogP contribution in [0.1, 0.15) is 6.92 Å². The van der Waals surface area contributed by atoms with Crippen LogP contribution in [-0.2, 0) is 9.47 Å². The topological polar surface area (TPSA) is 27.7 Å². The molecule has 1 unspecified atom stereocenters. The number of hydrogen-bond acceptors (Lipinski definition) is 3. The Labute approximate surface area is 130 Å². The molecule has 0 amide bonds. The van der Waals surface area contributed by atoms with Gasteiger partial charge in [-0.1, -0.05) is 36.4 Å². The molecule has 3 nitrogen and oxygen atoms in total. The Morgan fingerprint density at radius 2 is 1.59 bits per heavy atom. The first kappa shape index (κ1) is 14.8. The van der Waals surface area contributed by atoms with Crippen molar-refractivity contribution in [3.05, 3.63) is 54.6 Å². The highest BCUT2D eigenvalue weighted by atomic mass is 16.7. The van der Waals surface area contributed by atoms with E-state index in [0.717, 1.165) is 11.1 Å². The molecule has 0 saturated heterocycles. The van der Waals surface area contributed by atoms with E-state index in [4.69, 9.17) is 14.2 Å². The Morgan fingerprint density at radius 1 is 0.864 bits per heavy atom. The van der Waals surface area contributed by atoms with Crippen LogP contribution in [0.2, 0.25) is 0 Å². The molecule has 3 rings (SSSR count). The molecule has 0 spiro atoms. The van der Waals surface area contributed by atoms with Gasteiger partial charge in [0.1, 0.15) is 12.4 Å². The van der Waals surface area contributed by atoms with Crippen molar-refractivity contribution in [1.82, 2.24) is 0 Å². The zero-order valence-corrected chi connectivity index (χ0v) is 12.9. The number of hydrogen-bond donors (Lipinski definition) is 0. The van der Waals surface area contributed by atoms with Crippen LogP contribution >= 0.6 is 0 Å². The standard InChI is InChI=1S/C19H20O3/c1-14(20-2)21-10-11-22-19-9-5-8-17-12-15-6-3-4-7-16(15)13-18(17)19/h3-9,12-14H,10-11H2,1-2H3. The molecule has 0 aromatic heterocycles. The zero-order valence-electron chi connectivity index (χ0n) is 12.9. The Bertz CT molecular complexity index is 767. The third-order valence-electron chi connectivity index (χ3n) is 3.73. The van der Waals surface area contributed by atoms with E-state index in [2.05, 4.69) is 42.5 Å². The van der Waals surface area contributed by atoms with Crippen LogP contribution < -0.4 is 4.74 Å². The van der Waals surface area contributed by atoms with Gasteiger partial charge in [0.25, 0.3) is 0 Å². The Morgan fingerprint density at radius 3 is 2.36 bits per heavy atom. The molecule has 0 aliphatic heterocycles. The van der Waals surface area contributed by atoms with Crippen LogP contribution in [0, 0.1) is 0 Å². The normalized spacial score (nSPS) is 12.6. The number of ether oxygens (including phenoxy) is 3. The second-order valence-electron chi connectivity index (χ2n) is 5.20. The first-order chi connectivity index (χ1) is 10.8. The number of benzene rings is 3. The molecule has 3 aromatic carbocycles. The minimum atomic E-state index is -0.208. The third kappa shape index (κ3) is 3.21. The lowest BCUT2D eigenvalue weighted by atomic mass is 10.0. The van der Waals surface area contributed by atoms with E-state index in [9.17, 15) is 0 Å². The van der Waals surface area contributed by atoms with Crippen molar-refractivity contribution in [2.45, 2.75) is 13.2 Å². The number of rotatable bonds is 6. The van der Waals surface area contributed by atoms with Gasteiger partial charge < -0.3 is 14.2 Å². The highest BCUT2D eigenvalue weighted by molar-refractivity contribution is 6.00.